The molecule has 0 spiro atoms. The summed E-state index contributed by atoms with van der Waals surface area (Å²) in [6.45, 7) is 1.75. The molecule has 1 aliphatic heterocycles. The van der Waals surface area contributed by atoms with Gasteiger partial charge in [-0.25, -0.2) is 4.79 Å². The van der Waals surface area contributed by atoms with Crippen molar-refractivity contribution < 1.29 is 14.7 Å². The topological polar surface area (TPSA) is 83.6 Å². The number of fused-ring (bicyclic) bond motifs is 1. The first-order valence-electron chi connectivity index (χ1n) is 4.87. The van der Waals surface area contributed by atoms with Gasteiger partial charge in [-0.15, -0.1) is 0 Å². The number of nitrogens with zero attached hydrogens (tertiary/aromatic N) is 1. The molecule has 16 heavy (non-hydrogen) atoms. The number of nitrogen functional groups attached to an aromatic ring is 1. The summed E-state index contributed by atoms with van der Waals surface area (Å²) in [5.41, 5.74) is 7.53. The van der Waals surface area contributed by atoms with Crippen LogP contribution in [0.5, 0.6) is 0 Å². The van der Waals surface area contributed by atoms with E-state index < -0.39 is 5.97 Å². The highest BCUT2D eigenvalue weighted by Crippen LogP contribution is 2.40. The Hall–Kier alpha value is -2.04. The summed E-state index contributed by atoms with van der Waals surface area (Å²) in [5, 5.41) is 8.90. The van der Waals surface area contributed by atoms with Crippen LogP contribution in [-0.4, -0.2) is 24.0 Å². The zero-order valence-electron chi connectivity index (χ0n) is 9.02. The van der Waals surface area contributed by atoms with Gasteiger partial charge >= 0.3 is 5.97 Å². The van der Waals surface area contributed by atoms with Gasteiger partial charge in [-0.05, 0) is 24.6 Å². The van der Waals surface area contributed by atoms with E-state index in [0.717, 1.165) is 0 Å². The van der Waals surface area contributed by atoms with E-state index >= 15 is 0 Å². The van der Waals surface area contributed by atoms with E-state index in [1.807, 2.05) is 0 Å². The summed E-state index contributed by atoms with van der Waals surface area (Å²) in [4.78, 5) is 24.1. The molecule has 0 aliphatic carbocycles. The molecule has 5 heteroatoms. The first kappa shape index (κ1) is 10.5. The molecule has 2 rings (SSSR count). The number of rotatable bonds is 1. The molecule has 0 radical (unpaired) electrons. The van der Waals surface area contributed by atoms with Gasteiger partial charge in [0.2, 0.25) is 5.91 Å². The van der Waals surface area contributed by atoms with Crippen molar-refractivity contribution in [1.29, 1.82) is 0 Å². The van der Waals surface area contributed by atoms with Gasteiger partial charge in [0.1, 0.15) is 0 Å². The quantitative estimate of drug-likeness (QED) is 0.693. The van der Waals surface area contributed by atoms with Gasteiger partial charge in [-0.3, -0.25) is 4.79 Å². The van der Waals surface area contributed by atoms with Crippen molar-refractivity contribution in [2.75, 3.05) is 17.7 Å². The molecule has 1 heterocycles. The maximum absolute atomic E-state index is 11.7. The number of carboxylic acids is 1. The van der Waals surface area contributed by atoms with Gasteiger partial charge in [0.15, 0.2) is 0 Å². The molecule has 1 aliphatic rings. The number of likely N-dealkylation sites (N-methyl/N-ethyl adjacent to an activating group) is 1. The zero-order chi connectivity index (χ0) is 12.0. The Morgan fingerprint density at radius 2 is 2.12 bits per heavy atom. The van der Waals surface area contributed by atoms with Gasteiger partial charge in [-0.2, -0.15) is 0 Å². The van der Waals surface area contributed by atoms with Gasteiger partial charge in [0.05, 0.1) is 22.9 Å². The summed E-state index contributed by atoms with van der Waals surface area (Å²) < 4.78 is 0. The highest BCUT2D eigenvalue weighted by Gasteiger charge is 2.34. The Labute approximate surface area is 92.5 Å². The highest BCUT2D eigenvalue weighted by atomic mass is 16.4. The average molecular weight is 220 g/mol. The molecule has 1 unspecified atom stereocenters. The van der Waals surface area contributed by atoms with Crippen molar-refractivity contribution in [3.63, 3.8) is 0 Å². The second-order valence-corrected chi connectivity index (χ2v) is 3.93. The predicted octanol–water partition coefficient (Wildman–Crippen LogP) is 1.05. The predicted molar refractivity (Wildman–Crippen MR) is 59.6 cm³/mol. The van der Waals surface area contributed by atoms with Crippen molar-refractivity contribution >= 4 is 23.3 Å². The number of hydrogen-bond acceptors (Lipinski definition) is 3. The van der Waals surface area contributed by atoms with Gasteiger partial charge in [0.25, 0.3) is 0 Å². The van der Waals surface area contributed by atoms with Crippen LogP contribution in [0.4, 0.5) is 11.4 Å². The molecule has 1 atom stereocenters. The lowest BCUT2D eigenvalue weighted by Gasteiger charge is -2.12. The second-order valence-electron chi connectivity index (χ2n) is 3.93. The number of carboxylic acid groups (broad SMARTS) is 1. The smallest absolute Gasteiger partial charge is 0.335 e. The van der Waals surface area contributed by atoms with Crippen molar-refractivity contribution in [1.82, 2.24) is 0 Å². The lowest BCUT2D eigenvalue weighted by molar-refractivity contribution is -0.118. The molecule has 0 aromatic heterocycles. The van der Waals surface area contributed by atoms with E-state index in [1.165, 1.54) is 17.0 Å². The molecule has 3 N–H and O–H groups in total. The number of carbonyl (C=O) groups is 2. The highest BCUT2D eigenvalue weighted by molar-refractivity contribution is 6.08. The van der Waals surface area contributed by atoms with E-state index in [-0.39, 0.29) is 17.4 Å². The molecule has 0 fully saturated rings. The SMILES string of the molecule is CC1C(=O)N(C)c2c(N)cc(C(=O)O)cc21. The first-order chi connectivity index (χ1) is 7.43. The Morgan fingerprint density at radius 3 is 2.69 bits per heavy atom. The molecule has 0 bridgehead atoms. The maximum atomic E-state index is 11.7. The van der Waals surface area contributed by atoms with Crippen LogP contribution >= 0.6 is 0 Å². The normalized spacial score (nSPS) is 18.8. The van der Waals surface area contributed by atoms with E-state index in [4.69, 9.17) is 10.8 Å². The number of hydrogen-bond donors (Lipinski definition) is 2. The summed E-state index contributed by atoms with van der Waals surface area (Å²) in [6, 6.07) is 2.89. The minimum Gasteiger partial charge on any atom is -0.478 e. The third-order valence-electron chi connectivity index (χ3n) is 2.92. The third kappa shape index (κ3) is 1.25. The minimum absolute atomic E-state index is 0.0655. The zero-order valence-corrected chi connectivity index (χ0v) is 9.02. The van der Waals surface area contributed by atoms with Crippen molar-refractivity contribution in [2.24, 2.45) is 0 Å². The van der Waals surface area contributed by atoms with Crippen LogP contribution in [0.15, 0.2) is 12.1 Å². The number of carbonyl (C=O) groups excluding carboxylic acids is 1. The second kappa shape index (κ2) is 3.23. The van der Waals surface area contributed by atoms with E-state index in [1.54, 1.807) is 14.0 Å². The molecule has 84 valence electrons. The van der Waals surface area contributed by atoms with Crippen LogP contribution in [0.2, 0.25) is 0 Å². The van der Waals surface area contributed by atoms with Crippen LogP contribution in [0.25, 0.3) is 0 Å². The fraction of sp³-hybridized carbons (Fsp3) is 0.273. The summed E-state index contributed by atoms with van der Waals surface area (Å²) in [7, 11) is 1.64. The standard InChI is InChI=1S/C11H12N2O3/c1-5-7-3-6(11(15)16)4-8(12)9(7)13(2)10(5)14/h3-5H,12H2,1-2H3,(H,15,16). The molecule has 1 aromatic rings. The summed E-state index contributed by atoms with van der Waals surface area (Å²) >= 11 is 0. The monoisotopic (exact) mass is 220 g/mol. The van der Waals surface area contributed by atoms with E-state index in [0.29, 0.717) is 16.9 Å². The third-order valence-corrected chi connectivity index (χ3v) is 2.92. The van der Waals surface area contributed by atoms with Crippen molar-refractivity contribution in [3.8, 4) is 0 Å². The molecule has 1 aromatic carbocycles. The van der Waals surface area contributed by atoms with Crippen LogP contribution < -0.4 is 10.6 Å². The fourth-order valence-corrected chi connectivity index (χ4v) is 2.05. The lowest BCUT2D eigenvalue weighted by atomic mass is 9.99. The molecule has 1 amide bonds. The van der Waals surface area contributed by atoms with E-state index in [9.17, 15) is 9.59 Å². The molecular weight excluding hydrogens is 208 g/mol. The number of anilines is 2. The van der Waals surface area contributed by atoms with Crippen LogP contribution in [0.3, 0.4) is 0 Å². The van der Waals surface area contributed by atoms with Crippen LogP contribution in [-0.2, 0) is 4.79 Å². The largest absolute Gasteiger partial charge is 0.478 e. The lowest BCUT2D eigenvalue weighted by Crippen LogP contribution is -2.23. The molecule has 0 saturated carbocycles. The molecular formula is C11H12N2O3. The Bertz CT molecular complexity index is 496. The Morgan fingerprint density at radius 1 is 1.50 bits per heavy atom. The summed E-state index contributed by atoms with van der Waals surface area (Å²) in [6.07, 6.45) is 0. The number of aromatic carboxylic acids is 1. The Balaban J connectivity index is 2.67. The van der Waals surface area contributed by atoms with Gasteiger partial charge in [-0.1, -0.05) is 0 Å². The Kier molecular flexibility index (Phi) is 2.11. The van der Waals surface area contributed by atoms with E-state index in [2.05, 4.69) is 0 Å². The van der Waals surface area contributed by atoms with Crippen LogP contribution in [0.1, 0.15) is 28.8 Å². The molecule has 0 saturated heterocycles. The first-order valence-corrected chi connectivity index (χ1v) is 4.87. The minimum atomic E-state index is -1.04. The van der Waals surface area contributed by atoms with Gasteiger partial charge in [0, 0.05) is 7.05 Å². The number of benzene rings is 1. The number of amides is 1. The molecule has 5 nitrogen and oxygen atoms in total. The van der Waals surface area contributed by atoms with Crippen LogP contribution in [0, 0.1) is 0 Å². The number of nitrogens with two attached hydrogens (primary N) is 1. The average Bonchev–Trinajstić information content (AvgIpc) is 2.44. The fourth-order valence-electron chi connectivity index (χ4n) is 2.05. The van der Waals surface area contributed by atoms with Gasteiger partial charge < -0.3 is 15.7 Å². The van der Waals surface area contributed by atoms with Crippen molar-refractivity contribution in [2.45, 2.75) is 12.8 Å². The van der Waals surface area contributed by atoms with Crippen molar-refractivity contribution in [3.05, 3.63) is 23.3 Å². The maximum Gasteiger partial charge on any atom is 0.335 e. The summed E-state index contributed by atoms with van der Waals surface area (Å²) in [5.74, 6) is -1.44.